The minimum Gasteiger partial charge on any atom is -0.347 e. The second kappa shape index (κ2) is 5.49. The molecule has 5 heteroatoms. The summed E-state index contributed by atoms with van der Waals surface area (Å²) in [6.45, 7) is 3.92. The number of carbonyl (C=O) groups excluding carboxylic acids is 2. The summed E-state index contributed by atoms with van der Waals surface area (Å²) in [6.07, 6.45) is 3.41. The van der Waals surface area contributed by atoms with Crippen LogP contribution in [0.3, 0.4) is 0 Å². The molecule has 0 radical (unpaired) electrons. The van der Waals surface area contributed by atoms with E-state index in [-0.39, 0.29) is 23.8 Å². The van der Waals surface area contributed by atoms with Crippen LogP contribution in [0.15, 0.2) is 0 Å². The molecule has 5 nitrogen and oxygen atoms in total. The molecule has 19 heavy (non-hydrogen) atoms. The minimum atomic E-state index is -0.427. The first kappa shape index (κ1) is 14.3. The zero-order valence-electron chi connectivity index (χ0n) is 12.3. The van der Waals surface area contributed by atoms with E-state index < -0.39 is 6.04 Å². The molecule has 2 bridgehead atoms. The highest BCUT2D eigenvalue weighted by Crippen LogP contribution is 2.35. The molecule has 1 saturated carbocycles. The van der Waals surface area contributed by atoms with E-state index in [1.54, 1.807) is 19.0 Å². The molecule has 2 rings (SSSR count). The fourth-order valence-corrected chi connectivity index (χ4v) is 3.19. The Hall–Kier alpha value is -1.10. The molecule has 2 aliphatic rings. The van der Waals surface area contributed by atoms with Gasteiger partial charge in [-0.1, -0.05) is 13.8 Å². The highest BCUT2D eigenvalue weighted by atomic mass is 16.2. The molecular formula is C14H25N3O2. The topological polar surface area (TPSA) is 61.4 Å². The molecule has 1 aliphatic carbocycles. The predicted octanol–water partition coefficient (Wildman–Crippen LogP) is 0.356. The third kappa shape index (κ3) is 2.91. The number of amides is 2. The summed E-state index contributed by atoms with van der Waals surface area (Å²) in [5.41, 5.74) is 0. The molecule has 2 fully saturated rings. The highest BCUT2D eigenvalue weighted by Gasteiger charge is 2.43. The van der Waals surface area contributed by atoms with Crippen LogP contribution in [0.5, 0.6) is 0 Å². The zero-order chi connectivity index (χ0) is 14.2. The van der Waals surface area contributed by atoms with Gasteiger partial charge in [-0.25, -0.2) is 0 Å². The van der Waals surface area contributed by atoms with Crippen LogP contribution in [0.4, 0.5) is 0 Å². The lowest BCUT2D eigenvalue weighted by atomic mass is 9.97. The second-order valence-corrected chi connectivity index (χ2v) is 6.38. The van der Waals surface area contributed by atoms with Gasteiger partial charge in [-0.15, -0.1) is 0 Å². The van der Waals surface area contributed by atoms with E-state index in [4.69, 9.17) is 0 Å². The molecule has 0 aromatic heterocycles. The average molecular weight is 267 g/mol. The molecule has 2 N–H and O–H groups in total. The standard InChI is InChI=1S/C14H25N3O2/c1-8(2)11(14(19)17(3)4)16-13(18)12-9-5-6-10(7-9)15-12/h8-12,15H,5-7H2,1-4H3,(H,16,18)/t9-,10+,11-,12-/m0/s1. The predicted molar refractivity (Wildman–Crippen MR) is 73.5 cm³/mol. The molecular weight excluding hydrogens is 242 g/mol. The molecule has 0 aromatic carbocycles. The number of carbonyl (C=O) groups is 2. The summed E-state index contributed by atoms with van der Waals surface area (Å²) >= 11 is 0. The van der Waals surface area contributed by atoms with Gasteiger partial charge >= 0.3 is 0 Å². The van der Waals surface area contributed by atoms with Gasteiger partial charge in [0.2, 0.25) is 11.8 Å². The normalized spacial score (nSPS) is 30.5. The van der Waals surface area contributed by atoms with Crippen molar-refractivity contribution in [2.24, 2.45) is 11.8 Å². The van der Waals surface area contributed by atoms with Gasteiger partial charge in [0.05, 0.1) is 6.04 Å². The summed E-state index contributed by atoms with van der Waals surface area (Å²) in [5.74, 6) is 0.498. The molecule has 108 valence electrons. The van der Waals surface area contributed by atoms with E-state index in [9.17, 15) is 9.59 Å². The zero-order valence-corrected chi connectivity index (χ0v) is 12.3. The fraction of sp³-hybridized carbons (Fsp3) is 0.857. The fourth-order valence-electron chi connectivity index (χ4n) is 3.19. The van der Waals surface area contributed by atoms with Crippen molar-refractivity contribution < 1.29 is 9.59 Å². The van der Waals surface area contributed by atoms with Crippen LogP contribution in [0.25, 0.3) is 0 Å². The van der Waals surface area contributed by atoms with E-state index in [1.807, 2.05) is 13.8 Å². The molecule has 0 unspecified atom stereocenters. The Labute approximate surface area is 115 Å². The summed E-state index contributed by atoms with van der Waals surface area (Å²) < 4.78 is 0. The summed E-state index contributed by atoms with van der Waals surface area (Å²) in [5, 5.41) is 6.30. The maximum Gasteiger partial charge on any atom is 0.244 e. The lowest BCUT2D eigenvalue weighted by Crippen LogP contribution is -2.55. The first-order chi connectivity index (χ1) is 8.90. The van der Waals surface area contributed by atoms with Gasteiger partial charge < -0.3 is 15.5 Å². The molecule has 0 spiro atoms. The average Bonchev–Trinajstić information content (AvgIpc) is 2.96. The van der Waals surface area contributed by atoms with Crippen LogP contribution in [-0.2, 0) is 9.59 Å². The van der Waals surface area contributed by atoms with Crippen LogP contribution in [0.1, 0.15) is 33.1 Å². The highest BCUT2D eigenvalue weighted by molar-refractivity contribution is 5.90. The number of nitrogens with zero attached hydrogens (tertiary/aromatic N) is 1. The Morgan fingerprint density at radius 2 is 1.95 bits per heavy atom. The number of hydrogen-bond donors (Lipinski definition) is 2. The molecule has 1 saturated heterocycles. The Bertz CT molecular complexity index is 368. The first-order valence-corrected chi connectivity index (χ1v) is 7.17. The quantitative estimate of drug-likeness (QED) is 0.773. The van der Waals surface area contributed by atoms with Crippen molar-refractivity contribution in [3.05, 3.63) is 0 Å². The Balaban J connectivity index is 1.97. The number of rotatable bonds is 4. The number of likely N-dealkylation sites (N-methyl/N-ethyl adjacent to an activating group) is 1. The molecule has 1 aliphatic heterocycles. The van der Waals surface area contributed by atoms with E-state index in [1.165, 1.54) is 6.42 Å². The molecule has 4 atom stereocenters. The Kier molecular flexibility index (Phi) is 4.13. The smallest absolute Gasteiger partial charge is 0.244 e. The van der Waals surface area contributed by atoms with Crippen LogP contribution in [0, 0.1) is 11.8 Å². The summed E-state index contributed by atoms with van der Waals surface area (Å²) in [4.78, 5) is 26.0. The SMILES string of the molecule is CC(C)[C@H](NC(=O)[C@H]1N[C@@H]2CC[C@H]1C2)C(=O)N(C)C. The van der Waals surface area contributed by atoms with Crippen LogP contribution < -0.4 is 10.6 Å². The van der Waals surface area contributed by atoms with Crippen molar-refractivity contribution >= 4 is 11.8 Å². The van der Waals surface area contributed by atoms with E-state index >= 15 is 0 Å². The summed E-state index contributed by atoms with van der Waals surface area (Å²) in [6, 6.07) is -0.0267. The Morgan fingerprint density at radius 1 is 1.26 bits per heavy atom. The van der Waals surface area contributed by atoms with E-state index in [0.29, 0.717) is 12.0 Å². The molecule has 1 heterocycles. The molecule has 2 amide bonds. The maximum atomic E-state index is 12.3. The molecule has 0 aromatic rings. The largest absolute Gasteiger partial charge is 0.347 e. The monoisotopic (exact) mass is 267 g/mol. The van der Waals surface area contributed by atoms with Gasteiger partial charge in [-0.3, -0.25) is 9.59 Å². The van der Waals surface area contributed by atoms with Gasteiger partial charge in [0, 0.05) is 20.1 Å². The number of hydrogen-bond acceptors (Lipinski definition) is 3. The van der Waals surface area contributed by atoms with E-state index in [0.717, 1.165) is 12.8 Å². The van der Waals surface area contributed by atoms with Crippen molar-refractivity contribution in [2.45, 2.75) is 51.2 Å². The lowest BCUT2D eigenvalue weighted by molar-refractivity contribution is -0.136. The van der Waals surface area contributed by atoms with Gasteiger partial charge in [0.25, 0.3) is 0 Å². The van der Waals surface area contributed by atoms with Gasteiger partial charge in [0.15, 0.2) is 0 Å². The van der Waals surface area contributed by atoms with Crippen LogP contribution >= 0.6 is 0 Å². The summed E-state index contributed by atoms with van der Waals surface area (Å²) in [7, 11) is 3.44. The minimum absolute atomic E-state index is 0.0129. The van der Waals surface area contributed by atoms with Crippen molar-refractivity contribution in [1.82, 2.24) is 15.5 Å². The number of fused-ring (bicyclic) bond motifs is 2. The van der Waals surface area contributed by atoms with Crippen molar-refractivity contribution in [3.8, 4) is 0 Å². The number of piperidine rings is 1. The maximum absolute atomic E-state index is 12.3. The third-order valence-corrected chi connectivity index (χ3v) is 4.31. The van der Waals surface area contributed by atoms with Crippen LogP contribution in [0.2, 0.25) is 0 Å². The van der Waals surface area contributed by atoms with E-state index in [2.05, 4.69) is 10.6 Å². The Morgan fingerprint density at radius 3 is 2.37 bits per heavy atom. The third-order valence-electron chi connectivity index (χ3n) is 4.31. The van der Waals surface area contributed by atoms with Crippen molar-refractivity contribution in [2.75, 3.05) is 14.1 Å². The lowest BCUT2D eigenvalue weighted by Gasteiger charge is -2.28. The van der Waals surface area contributed by atoms with Crippen LogP contribution in [-0.4, -0.2) is 48.9 Å². The first-order valence-electron chi connectivity index (χ1n) is 7.17. The van der Waals surface area contributed by atoms with Crippen molar-refractivity contribution in [3.63, 3.8) is 0 Å². The number of nitrogens with one attached hydrogen (secondary N) is 2. The van der Waals surface area contributed by atoms with Gasteiger partial charge in [-0.2, -0.15) is 0 Å². The van der Waals surface area contributed by atoms with Gasteiger partial charge in [0.1, 0.15) is 6.04 Å². The van der Waals surface area contributed by atoms with Gasteiger partial charge in [-0.05, 0) is 31.1 Å². The van der Waals surface area contributed by atoms with Crippen molar-refractivity contribution in [1.29, 1.82) is 0 Å². The second-order valence-electron chi connectivity index (χ2n) is 6.38.